The highest BCUT2D eigenvalue weighted by molar-refractivity contribution is 7.17. The van der Waals surface area contributed by atoms with Crippen LogP contribution in [0.3, 0.4) is 0 Å². The first kappa shape index (κ1) is 19.3. The molecule has 1 fully saturated rings. The number of amidine groups is 1. The van der Waals surface area contributed by atoms with Crippen LogP contribution < -0.4 is 10.1 Å². The van der Waals surface area contributed by atoms with E-state index in [2.05, 4.69) is 54.3 Å². The largest absolute Gasteiger partial charge is 0.490 e. The van der Waals surface area contributed by atoms with Gasteiger partial charge in [0.25, 0.3) is 0 Å². The zero-order valence-corrected chi connectivity index (χ0v) is 18.1. The molecule has 0 aliphatic carbocycles. The molecule has 1 saturated heterocycles. The molecule has 1 atom stereocenters. The van der Waals surface area contributed by atoms with Crippen molar-refractivity contribution in [3.05, 3.63) is 59.2 Å². The zero-order valence-electron chi connectivity index (χ0n) is 17.3. The van der Waals surface area contributed by atoms with Crippen molar-refractivity contribution >= 4 is 38.6 Å². The molecule has 1 unspecified atom stereocenters. The van der Waals surface area contributed by atoms with Crippen LogP contribution in [0.25, 0.3) is 15.8 Å². The highest BCUT2D eigenvalue weighted by atomic mass is 32.1. The summed E-state index contributed by atoms with van der Waals surface area (Å²) in [7, 11) is 0. The first-order valence-corrected chi connectivity index (χ1v) is 11.2. The van der Waals surface area contributed by atoms with Crippen LogP contribution in [0.1, 0.15) is 36.6 Å². The van der Waals surface area contributed by atoms with Crippen LogP contribution in [-0.2, 0) is 4.74 Å². The molecular formula is C24H25N3O2S. The molecule has 154 valence electrons. The molecule has 0 saturated carbocycles. The normalized spacial score (nSPS) is 17.9. The number of aliphatic imine (C=N–C) groups is 1. The summed E-state index contributed by atoms with van der Waals surface area (Å²) in [6, 6.07) is 8.29. The quantitative estimate of drug-likeness (QED) is 0.611. The van der Waals surface area contributed by atoms with Crippen molar-refractivity contribution in [1.82, 2.24) is 10.3 Å². The number of nitrogens with zero attached hydrogens (tertiary/aromatic N) is 2. The lowest BCUT2D eigenvalue weighted by atomic mass is 9.95. The third-order valence-corrected chi connectivity index (χ3v) is 6.79. The number of fused-ring (bicyclic) bond motifs is 2. The minimum Gasteiger partial charge on any atom is -0.490 e. The molecule has 2 aromatic heterocycles. The van der Waals surface area contributed by atoms with E-state index < -0.39 is 0 Å². The van der Waals surface area contributed by atoms with Crippen molar-refractivity contribution < 1.29 is 9.47 Å². The highest BCUT2D eigenvalue weighted by Crippen LogP contribution is 2.37. The zero-order chi connectivity index (χ0) is 20.7. The number of rotatable bonds is 4. The van der Waals surface area contributed by atoms with Crippen LogP contribution in [0.5, 0.6) is 5.75 Å². The van der Waals surface area contributed by atoms with E-state index in [-0.39, 0.29) is 6.10 Å². The average Bonchev–Trinajstić information content (AvgIpc) is 3.23. The number of thiophene rings is 1. The lowest BCUT2D eigenvalue weighted by Crippen LogP contribution is -2.29. The third-order valence-electron chi connectivity index (χ3n) is 5.93. The minimum absolute atomic E-state index is 0.150. The molecule has 4 heterocycles. The molecule has 3 aromatic rings. The van der Waals surface area contributed by atoms with E-state index in [0.29, 0.717) is 5.92 Å². The van der Waals surface area contributed by atoms with Crippen LogP contribution in [0.2, 0.25) is 0 Å². The molecule has 0 bridgehead atoms. The molecule has 1 aromatic carbocycles. The van der Waals surface area contributed by atoms with Gasteiger partial charge in [-0.05, 0) is 73.2 Å². The first-order chi connectivity index (χ1) is 14.6. The van der Waals surface area contributed by atoms with Gasteiger partial charge in [-0.25, -0.2) is 4.99 Å². The molecule has 5 nitrogen and oxygen atoms in total. The Morgan fingerprint density at radius 2 is 2.10 bits per heavy atom. The number of benzene rings is 1. The second-order valence-electron chi connectivity index (χ2n) is 8.00. The number of hydrogen-bond acceptors (Lipinski definition) is 6. The van der Waals surface area contributed by atoms with Crippen LogP contribution >= 0.6 is 11.3 Å². The van der Waals surface area contributed by atoms with E-state index in [1.54, 1.807) is 11.3 Å². The van der Waals surface area contributed by atoms with Crippen molar-refractivity contribution in [2.45, 2.75) is 32.8 Å². The summed E-state index contributed by atoms with van der Waals surface area (Å²) in [5.41, 5.74) is 4.60. The van der Waals surface area contributed by atoms with Crippen LogP contribution in [-0.4, -0.2) is 30.1 Å². The van der Waals surface area contributed by atoms with Gasteiger partial charge >= 0.3 is 0 Å². The molecular weight excluding hydrogens is 394 g/mol. The smallest absolute Gasteiger partial charge is 0.157 e. The fraction of sp³-hybridized carbons (Fsp3) is 0.333. The summed E-state index contributed by atoms with van der Waals surface area (Å²) in [6.07, 6.45) is 4.15. The monoisotopic (exact) mass is 419 g/mol. The van der Waals surface area contributed by atoms with Gasteiger partial charge in [-0.2, -0.15) is 0 Å². The Morgan fingerprint density at radius 3 is 2.93 bits per heavy atom. The van der Waals surface area contributed by atoms with E-state index in [1.165, 1.54) is 10.1 Å². The Bertz CT molecular complexity index is 1140. The minimum atomic E-state index is 0.150. The number of pyridine rings is 1. The lowest BCUT2D eigenvalue weighted by Gasteiger charge is -2.29. The molecule has 5 rings (SSSR count). The van der Waals surface area contributed by atoms with E-state index in [4.69, 9.17) is 14.5 Å². The van der Waals surface area contributed by atoms with E-state index >= 15 is 0 Å². The van der Waals surface area contributed by atoms with Gasteiger partial charge in [-0.15, -0.1) is 11.3 Å². The summed E-state index contributed by atoms with van der Waals surface area (Å²) in [4.78, 5) is 9.47. The fourth-order valence-electron chi connectivity index (χ4n) is 4.16. The van der Waals surface area contributed by atoms with Gasteiger partial charge in [0.15, 0.2) is 5.84 Å². The summed E-state index contributed by atoms with van der Waals surface area (Å²) in [5.74, 6) is 2.12. The summed E-state index contributed by atoms with van der Waals surface area (Å²) >= 11 is 1.69. The number of aryl methyl sites for hydroxylation is 1. The van der Waals surface area contributed by atoms with E-state index in [0.717, 1.165) is 65.8 Å². The molecule has 0 amide bonds. The maximum absolute atomic E-state index is 6.32. The molecule has 0 spiro atoms. The molecule has 30 heavy (non-hydrogen) atoms. The Hall–Kier alpha value is -2.70. The van der Waals surface area contributed by atoms with Crippen molar-refractivity contribution in [3.8, 4) is 5.75 Å². The number of ether oxygens (including phenoxy) is 2. The van der Waals surface area contributed by atoms with Crippen molar-refractivity contribution in [2.75, 3.05) is 13.2 Å². The molecule has 2 aliphatic rings. The Balaban J connectivity index is 1.44. The van der Waals surface area contributed by atoms with Gasteiger partial charge in [-0.1, -0.05) is 6.58 Å². The lowest BCUT2D eigenvalue weighted by molar-refractivity contribution is 0.0239. The second-order valence-corrected chi connectivity index (χ2v) is 8.95. The fourth-order valence-corrected chi connectivity index (χ4v) is 4.90. The Labute approximate surface area is 180 Å². The van der Waals surface area contributed by atoms with Gasteiger partial charge < -0.3 is 14.8 Å². The van der Waals surface area contributed by atoms with Gasteiger partial charge in [0, 0.05) is 30.7 Å². The number of nitrogens with one attached hydrogen (secondary N) is 1. The van der Waals surface area contributed by atoms with Crippen molar-refractivity contribution in [1.29, 1.82) is 0 Å². The van der Waals surface area contributed by atoms with Crippen molar-refractivity contribution in [2.24, 2.45) is 10.9 Å². The van der Waals surface area contributed by atoms with Crippen LogP contribution in [0.4, 0.5) is 5.69 Å². The number of hydrogen-bond donors (Lipinski definition) is 1. The predicted molar refractivity (Wildman–Crippen MR) is 123 cm³/mol. The standard InChI is InChI=1S/C24H25N3O2S/c1-14-10-19(29-16(3)17-4-7-28-8-5-17)12-20-15(2)26-24(27-23(14)20)21-11-18-6-9-30-22(18)13-25-21/h6,9-13,16-17H,2,4-5,7-8H2,1,3H3,(H,26,27). The molecule has 6 heteroatoms. The third kappa shape index (κ3) is 3.61. The first-order valence-electron chi connectivity index (χ1n) is 10.4. The SMILES string of the molecule is C=C1NC(c2cc3ccsc3cn2)=Nc2c(C)cc(OC(C)C3CCOCC3)cc21. The summed E-state index contributed by atoms with van der Waals surface area (Å²) in [5, 5.41) is 6.59. The summed E-state index contributed by atoms with van der Waals surface area (Å²) < 4.78 is 13.0. The second kappa shape index (κ2) is 7.85. The van der Waals surface area contributed by atoms with E-state index in [9.17, 15) is 0 Å². The van der Waals surface area contributed by atoms with Crippen LogP contribution in [0, 0.1) is 12.8 Å². The highest BCUT2D eigenvalue weighted by Gasteiger charge is 2.24. The van der Waals surface area contributed by atoms with Gasteiger partial charge in [-0.3, -0.25) is 4.98 Å². The molecule has 2 aliphatic heterocycles. The van der Waals surface area contributed by atoms with Crippen LogP contribution in [0.15, 0.2) is 47.4 Å². The van der Waals surface area contributed by atoms with Gasteiger partial charge in [0.05, 0.1) is 16.5 Å². The van der Waals surface area contributed by atoms with Gasteiger partial charge in [0.2, 0.25) is 0 Å². The average molecular weight is 420 g/mol. The predicted octanol–water partition coefficient (Wildman–Crippen LogP) is 5.45. The summed E-state index contributed by atoms with van der Waals surface area (Å²) in [6.45, 7) is 10.1. The maximum Gasteiger partial charge on any atom is 0.157 e. The van der Waals surface area contributed by atoms with Gasteiger partial charge in [0.1, 0.15) is 11.4 Å². The maximum atomic E-state index is 6.32. The number of aromatic nitrogens is 1. The Kier molecular flexibility index (Phi) is 5.05. The van der Waals surface area contributed by atoms with Crippen molar-refractivity contribution in [3.63, 3.8) is 0 Å². The molecule has 1 N–H and O–H groups in total. The van der Waals surface area contributed by atoms with E-state index in [1.807, 2.05) is 12.3 Å². The molecule has 0 radical (unpaired) electrons. The Morgan fingerprint density at radius 1 is 1.27 bits per heavy atom. The topological polar surface area (TPSA) is 55.7 Å².